The second-order valence-electron chi connectivity index (χ2n) is 7.13. The lowest BCUT2D eigenvalue weighted by Crippen LogP contribution is -2.40. The van der Waals surface area contributed by atoms with Crippen LogP contribution in [0.4, 0.5) is 5.82 Å². The van der Waals surface area contributed by atoms with E-state index in [1.54, 1.807) is 6.20 Å². The molecule has 0 radical (unpaired) electrons. The van der Waals surface area contributed by atoms with Crippen LogP contribution in [0.1, 0.15) is 48.2 Å². The van der Waals surface area contributed by atoms with Gasteiger partial charge in [0, 0.05) is 25.0 Å². The van der Waals surface area contributed by atoms with Gasteiger partial charge in [-0.2, -0.15) is 5.26 Å². The molecule has 2 aromatic rings. The second-order valence-corrected chi connectivity index (χ2v) is 7.13. The number of hydrogen-bond acceptors (Lipinski definition) is 5. The van der Waals surface area contributed by atoms with Gasteiger partial charge in [-0.25, -0.2) is 4.98 Å². The summed E-state index contributed by atoms with van der Waals surface area (Å²) < 4.78 is 6.09. The molecule has 3 heterocycles. The van der Waals surface area contributed by atoms with Crippen molar-refractivity contribution in [1.82, 2.24) is 9.97 Å². The van der Waals surface area contributed by atoms with Gasteiger partial charge in [-0.1, -0.05) is 6.07 Å². The summed E-state index contributed by atoms with van der Waals surface area (Å²) in [6, 6.07) is 10.3. The lowest BCUT2D eigenvalue weighted by Gasteiger charge is -2.34. The first kappa shape index (κ1) is 17.0. The molecule has 0 saturated carbocycles. The summed E-state index contributed by atoms with van der Waals surface area (Å²) >= 11 is 0. The third kappa shape index (κ3) is 3.71. The highest BCUT2D eigenvalue weighted by atomic mass is 16.5. The Morgan fingerprint density at radius 1 is 1.23 bits per heavy atom. The predicted octanol–water partition coefficient (Wildman–Crippen LogP) is 3.41. The van der Waals surface area contributed by atoms with Gasteiger partial charge in [0.25, 0.3) is 0 Å². The van der Waals surface area contributed by atoms with Gasteiger partial charge in [-0.05, 0) is 62.3 Å². The number of aromatic nitrogens is 2. The van der Waals surface area contributed by atoms with Crippen LogP contribution in [0.25, 0.3) is 0 Å². The molecule has 0 N–H and O–H groups in total. The van der Waals surface area contributed by atoms with Crippen LogP contribution in [-0.2, 0) is 24.2 Å². The van der Waals surface area contributed by atoms with Gasteiger partial charge < -0.3 is 9.64 Å². The summed E-state index contributed by atoms with van der Waals surface area (Å²) in [7, 11) is 0. The molecule has 2 aromatic heterocycles. The van der Waals surface area contributed by atoms with E-state index in [9.17, 15) is 5.26 Å². The van der Waals surface area contributed by atoms with E-state index in [0.29, 0.717) is 12.2 Å². The standard InChI is InChI=1S/C21H24N4O/c22-13-17-12-16-6-1-2-9-20(16)24-21(17)25-11-5-8-19(14-25)26-15-18-7-3-4-10-23-18/h3-4,7,10,12,19H,1-2,5-6,8-9,11,14-15H2/t19-/m1/s1. The Balaban J connectivity index is 1.48. The normalized spacial score (nSPS) is 19.7. The Kier molecular flexibility index (Phi) is 5.12. The zero-order valence-electron chi connectivity index (χ0n) is 15.0. The molecular formula is C21H24N4O. The van der Waals surface area contributed by atoms with Crippen molar-refractivity contribution in [3.05, 3.63) is 53.0 Å². The topological polar surface area (TPSA) is 62.0 Å². The van der Waals surface area contributed by atoms with Crippen LogP contribution in [0, 0.1) is 11.3 Å². The molecule has 0 unspecified atom stereocenters. The van der Waals surface area contributed by atoms with Gasteiger partial charge in [-0.3, -0.25) is 4.98 Å². The molecule has 2 aliphatic rings. The Morgan fingerprint density at radius 2 is 2.15 bits per heavy atom. The van der Waals surface area contributed by atoms with Crippen LogP contribution in [0.15, 0.2) is 30.5 Å². The minimum absolute atomic E-state index is 0.148. The van der Waals surface area contributed by atoms with Crippen molar-refractivity contribution in [1.29, 1.82) is 5.26 Å². The quantitative estimate of drug-likeness (QED) is 0.847. The van der Waals surface area contributed by atoms with E-state index in [-0.39, 0.29) is 6.10 Å². The first-order valence-corrected chi connectivity index (χ1v) is 9.53. The summed E-state index contributed by atoms with van der Waals surface area (Å²) in [5.41, 5.74) is 4.10. The van der Waals surface area contributed by atoms with Crippen molar-refractivity contribution in [3.8, 4) is 6.07 Å². The molecule has 4 rings (SSSR count). The van der Waals surface area contributed by atoms with Crippen LogP contribution >= 0.6 is 0 Å². The minimum atomic E-state index is 0.148. The zero-order valence-corrected chi connectivity index (χ0v) is 15.0. The van der Waals surface area contributed by atoms with Gasteiger partial charge in [-0.15, -0.1) is 0 Å². The number of nitriles is 1. The van der Waals surface area contributed by atoms with E-state index in [4.69, 9.17) is 9.72 Å². The molecule has 1 atom stereocenters. The number of piperidine rings is 1. The fourth-order valence-corrected chi connectivity index (χ4v) is 3.90. The molecule has 1 fully saturated rings. The van der Waals surface area contributed by atoms with Gasteiger partial charge in [0.2, 0.25) is 0 Å². The van der Waals surface area contributed by atoms with Crippen molar-refractivity contribution >= 4 is 5.82 Å². The van der Waals surface area contributed by atoms with Crippen LogP contribution in [-0.4, -0.2) is 29.2 Å². The molecule has 5 nitrogen and oxygen atoms in total. The third-order valence-corrected chi connectivity index (χ3v) is 5.27. The van der Waals surface area contributed by atoms with Crippen molar-refractivity contribution < 1.29 is 4.74 Å². The molecule has 1 saturated heterocycles. The van der Waals surface area contributed by atoms with Crippen molar-refractivity contribution in [2.24, 2.45) is 0 Å². The lowest BCUT2D eigenvalue weighted by molar-refractivity contribution is 0.0297. The smallest absolute Gasteiger partial charge is 0.146 e. The van der Waals surface area contributed by atoms with Crippen molar-refractivity contribution in [3.63, 3.8) is 0 Å². The second kappa shape index (κ2) is 7.84. The van der Waals surface area contributed by atoms with Crippen molar-refractivity contribution in [2.45, 2.75) is 51.2 Å². The van der Waals surface area contributed by atoms with E-state index < -0.39 is 0 Å². The fraction of sp³-hybridized carbons (Fsp3) is 0.476. The molecular weight excluding hydrogens is 324 g/mol. The maximum absolute atomic E-state index is 9.61. The number of ether oxygens (including phenoxy) is 1. The SMILES string of the molecule is N#Cc1cc2c(nc1N1CCC[C@@H](OCc3ccccn3)C1)CCCC2. The highest BCUT2D eigenvalue weighted by molar-refractivity contribution is 5.56. The molecule has 0 spiro atoms. The first-order chi connectivity index (χ1) is 12.8. The van der Waals surface area contributed by atoms with Crippen LogP contribution < -0.4 is 4.90 Å². The highest BCUT2D eigenvalue weighted by Gasteiger charge is 2.25. The van der Waals surface area contributed by atoms with Crippen LogP contribution in [0.2, 0.25) is 0 Å². The molecule has 1 aliphatic heterocycles. The summed E-state index contributed by atoms with van der Waals surface area (Å²) in [6.07, 6.45) is 8.51. The van der Waals surface area contributed by atoms with Gasteiger partial charge >= 0.3 is 0 Å². The summed E-state index contributed by atoms with van der Waals surface area (Å²) in [5, 5.41) is 9.61. The van der Waals surface area contributed by atoms with Gasteiger partial charge in [0.15, 0.2) is 0 Å². The number of rotatable bonds is 4. The molecule has 0 amide bonds. The van der Waals surface area contributed by atoms with Gasteiger partial charge in [0.1, 0.15) is 11.9 Å². The zero-order chi connectivity index (χ0) is 17.8. The van der Waals surface area contributed by atoms with E-state index in [2.05, 4.69) is 22.0 Å². The van der Waals surface area contributed by atoms with Crippen LogP contribution in [0.3, 0.4) is 0 Å². The Labute approximate surface area is 154 Å². The maximum atomic E-state index is 9.61. The van der Waals surface area contributed by atoms with E-state index in [1.165, 1.54) is 24.1 Å². The average Bonchev–Trinajstić information content (AvgIpc) is 2.72. The van der Waals surface area contributed by atoms with Crippen molar-refractivity contribution in [2.75, 3.05) is 18.0 Å². The highest BCUT2D eigenvalue weighted by Crippen LogP contribution is 2.28. The predicted molar refractivity (Wildman–Crippen MR) is 99.9 cm³/mol. The number of hydrogen-bond donors (Lipinski definition) is 0. The van der Waals surface area contributed by atoms with Crippen LogP contribution in [0.5, 0.6) is 0 Å². The Bertz CT molecular complexity index is 800. The summed E-state index contributed by atoms with van der Waals surface area (Å²) in [5.74, 6) is 0.847. The molecule has 134 valence electrons. The lowest BCUT2D eigenvalue weighted by atomic mass is 9.94. The number of aryl methyl sites for hydroxylation is 2. The number of fused-ring (bicyclic) bond motifs is 1. The minimum Gasteiger partial charge on any atom is -0.370 e. The largest absolute Gasteiger partial charge is 0.370 e. The summed E-state index contributed by atoms with van der Waals surface area (Å²) in [4.78, 5) is 11.5. The number of pyridine rings is 2. The molecule has 26 heavy (non-hydrogen) atoms. The Morgan fingerprint density at radius 3 is 3.00 bits per heavy atom. The van der Waals surface area contributed by atoms with E-state index in [1.807, 2.05) is 18.2 Å². The molecule has 1 aliphatic carbocycles. The average molecular weight is 348 g/mol. The Hall–Kier alpha value is -2.45. The molecule has 5 heteroatoms. The molecule has 0 aromatic carbocycles. The maximum Gasteiger partial charge on any atom is 0.146 e. The van der Waals surface area contributed by atoms with Gasteiger partial charge in [0.05, 0.1) is 24.0 Å². The van der Waals surface area contributed by atoms with E-state index in [0.717, 1.165) is 50.3 Å². The monoisotopic (exact) mass is 348 g/mol. The fourth-order valence-electron chi connectivity index (χ4n) is 3.90. The van der Waals surface area contributed by atoms with E-state index >= 15 is 0 Å². The number of nitrogens with zero attached hydrogens (tertiary/aromatic N) is 4. The molecule has 0 bridgehead atoms. The number of anilines is 1. The first-order valence-electron chi connectivity index (χ1n) is 9.53. The third-order valence-electron chi connectivity index (χ3n) is 5.27. The summed E-state index contributed by atoms with van der Waals surface area (Å²) in [6.45, 7) is 2.25.